The van der Waals surface area contributed by atoms with Gasteiger partial charge in [-0.2, -0.15) is 0 Å². The topological polar surface area (TPSA) is 105 Å². The summed E-state index contributed by atoms with van der Waals surface area (Å²) in [6, 6.07) is 1.13. The van der Waals surface area contributed by atoms with Crippen molar-refractivity contribution in [2.75, 3.05) is 4.43 Å². The van der Waals surface area contributed by atoms with E-state index < -0.39 is 35.3 Å². The highest BCUT2D eigenvalue weighted by molar-refractivity contribution is 14.1. The molecular weight excluding hydrogens is 379 g/mol. The summed E-state index contributed by atoms with van der Waals surface area (Å²) in [5.74, 6) is 0. The van der Waals surface area contributed by atoms with Crippen LogP contribution < -0.4 is 11.2 Å². The van der Waals surface area contributed by atoms with Crippen molar-refractivity contribution in [2.24, 2.45) is 0 Å². The lowest BCUT2D eigenvalue weighted by Crippen LogP contribution is -2.47. The van der Waals surface area contributed by atoms with E-state index in [2.05, 4.69) is 17.3 Å². The number of rotatable bonds is 3. The standard InChI is InChI=1S/C12H13IN2O5/c1-2-4-12(19)9(17)7(6-13)20-10(12)15-5-3-8(16)14-11(15)18/h3-5,7,9-10,17,19H,1,6H2,(H,14,16,18)/t7-,9?,10-,12-/m1/s1. The van der Waals surface area contributed by atoms with Crippen molar-refractivity contribution < 1.29 is 14.9 Å². The van der Waals surface area contributed by atoms with E-state index in [-0.39, 0.29) is 0 Å². The van der Waals surface area contributed by atoms with Crippen LogP contribution >= 0.6 is 22.6 Å². The van der Waals surface area contributed by atoms with Crippen LogP contribution in [0.4, 0.5) is 0 Å². The lowest BCUT2D eigenvalue weighted by molar-refractivity contribution is -0.0772. The van der Waals surface area contributed by atoms with E-state index in [9.17, 15) is 19.8 Å². The molecule has 2 rings (SSSR count). The average molecular weight is 392 g/mol. The van der Waals surface area contributed by atoms with Gasteiger partial charge in [-0.05, 0) is 6.08 Å². The lowest BCUT2D eigenvalue weighted by Gasteiger charge is -2.27. The van der Waals surface area contributed by atoms with Gasteiger partial charge >= 0.3 is 5.69 Å². The summed E-state index contributed by atoms with van der Waals surface area (Å²) in [6.07, 6.45) is -0.704. The fourth-order valence-electron chi connectivity index (χ4n) is 2.13. The number of aliphatic hydroxyl groups is 2. The van der Waals surface area contributed by atoms with Crippen LogP contribution in [0.5, 0.6) is 0 Å². The molecule has 3 N–H and O–H groups in total. The van der Waals surface area contributed by atoms with Crippen molar-refractivity contribution in [1.82, 2.24) is 9.55 Å². The Morgan fingerprint density at radius 2 is 2.35 bits per heavy atom. The van der Waals surface area contributed by atoms with Gasteiger partial charge in [-0.25, -0.2) is 4.79 Å². The minimum absolute atomic E-state index is 0.417. The average Bonchev–Trinajstić information content (AvgIpc) is 2.63. The molecule has 108 valence electrons. The van der Waals surface area contributed by atoms with Crippen molar-refractivity contribution in [3.8, 4) is 0 Å². The molecule has 0 bridgehead atoms. The van der Waals surface area contributed by atoms with Gasteiger partial charge in [-0.3, -0.25) is 14.3 Å². The first-order chi connectivity index (χ1) is 9.43. The number of aliphatic hydroxyl groups excluding tert-OH is 1. The molecule has 7 nitrogen and oxygen atoms in total. The maximum atomic E-state index is 11.8. The minimum atomic E-state index is -1.85. The monoisotopic (exact) mass is 392 g/mol. The molecule has 0 spiro atoms. The second kappa shape index (κ2) is 5.66. The lowest BCUT2D eigenvalue weighted by atomic mass is 9.94. The van der Waals surface area contributed by atoms with E-state index >= 15 is 0 Å². The Kier molecular flexibility index (Phi) is 4.31. The van der Waals surface area contributed by atoms with Crippen LogP contribution in [-0.4, -0.2) is 42.0 Å². The zero-order valence-electron chi connectivity index (χ0n) is 10.3. The normalized spacial score (nSPS) is 32.9. The van der Waals surface area contributed by atoms with Gasteiger partial charge in [0.2, 0.25) is 0 Å². The molecule has 20 heavy (non-hydrogen) atoms. The van der Waals surface area contributed by atoms with E-state index in [0.717, 1.165) is 16.7 Å². The maximum absolute atomic E-state index is 11.8. The quantitative estimate of drug-likeness (QED) is 0.359. The number of hydrogen-bond donors (Lipinski definition) is 3. The van der Waals surface area contributed by atoms with Gasteiger partial charge < -0.3 is 14.9 Å². The molecule has 0 radical (unpaired) electrons. The third-order valence-corrected chi connectivity index (χ3v) is 3.98. The summed E-state index contributed by atoms with van der Waals surface area (Å²) in [5.41, 5.74) is -0.740. The summed E-state index contributed by atoms with van der Waals surface area (Å²) < 4.78 is 6.97. The molecule has 0 aromatic carbocycles. The van der Waals surface area contributed by atoms with Gasteiger partial charge in [0.25, 0.3) is 5.56 Å². The van der Waals surface area contributed by atoms with Crippen LogP contribution in [-0.2, 0) is 4.74 Å². The molecule has 4 atom stereocenters. The summed E-state index contributed by atoms with van der Waals surface area (Å²) in [4.78, 5) is 25.0. The summed E-state index contributed by atoms with van der Waals surface area (Å²) >= 11 is 2.00. The molecule has 0 aliphatic carbocycles. The van der Waals surface area contributed by atoms with Crippen molar-refractivity contribution in [3.05, 3.63) is 51.5 Å². The van der Waals surface area contributed by atoms with Gasteiger partial charge in [0, 0.05) is 16.7 Å². The molecule has 0 amide bonds. The maximum Gasteiger partial charge on any atom is 0.330 e. The largest absolute Gasteiger partial charge is 0.387 e. The third kappa shape index (κ3) is 2.40. The molecular formula is C12H13IN2O5. The van der Waals surface area contributed by atoms with E-state index in [1.165, 1.54) is 6.20 Å². The number of ether oxygens (including phenoxy) is 1. The molecule has 8 heteroatoms. The Morgan fingerprint density at radius 1 is 1.65 bits per heavy atom. The predicted octanol–water partition coefficient (Wildman–Crippen LogP) is -0.698. The summed E-state index contributed by atoms with van der Waals surface area (Å²) in [5, 5.41) is 20.7. The molecule has 1 aromatic rings. The molecule has 2 heterocycles. The molecule has 1 fully saturated rings. The predicted molar refractivity (Wildman–Crippen MR) is 78.8 cm³/mol. The first-order valence-electron chi connectivity index (χ1n) is 5.74. The number of alkyl halides is 1. The Labute approximate surface area is 127 Å². The van der Waals surface area contributed by atoms with Crippen molar-refractivity contribution in [2.45, 2.75) is 24.0 Å². The van der Waals surface area contributed by atoms with Gasteiger partial charge in [-0.15, -0.1) is 5.73 Å². The molecule has 1 saturated heterocycles. The molecule has 1 aliphatic heterocycles. The Hall–Kier alpha value is -1.19. The minimum Gasteiger partial charge on any atom is -0.387 e. The second-order valence-corrected chi connectivity index (χ2v) is 5.26. The Balaban J connectivity index is 2.56. The number of aromatic nitrogens is 2. The van der Waals surface area contributed by atoms with Crippen LogP contribution in [0.25, 0.3) is 0 Å². The molecule has 1 unspecified atom stereocenters. The van der Waals surface area contributed by atoms with Crippen LogP contribution in [0.2, 0.25) is 0 Å². The molecule has 0 saturated carbocycles. The smallest absolute Gasteiger partial charge is 0.330 e. The number of aromatic amines is 1. The van der Waals surface area contributed by atoms with E-state index in [1.807, 2.05) is 22.6 Å². The van der Waals surface area contributed by atoms with Crippen LogP contribution in [0.1, 0.15) is 6.23 Å². The number of halogens is 1. The Bertz CT molecular complexity index is 662. The highest BCUT2D eigenvalue weighted by atomic mass is 127. The highest BCUT2D eigenvalue weighted by Crippen LogP contribution is 2.39. The zero-order valence-corrected chi connectivity index (χ0v) is 12.5. The van der Waals surface area contributed by atoms with E-state index in [1.54, 1.807) is 0 Å². The second-order valence-electron chi connectivity index (χ2n) is 4.38. The SMILES string of the molecule is C=C=C[C@@]1(O)C(O)[C@@H](CI)O[C@H]1n1ccc(=O)[nH]c1=O. The van der Waals surface area contributed by atoms with Gasteiger partial charge in [0.05, 0.1) is 6.10 Å². The van der Waals surface area contributed by atoms with E-state index in [0.29, 0.717) is 4.43 Å². The summed E-state index contributed by atoms with van der Waals surface area (Å²) in [7, 11) is 0. The molecule has 1 aromatic heterocycles. The number of hydrogen-bond acceptors (Lipinski definition) is 5. The van der Waals surface area contributed by atoms with Crippen LogP contribution in [0.15, 0.2) is 40.2 Å². The van der Waals surface area contributed by atoms with Crippen molar-refractivity contribution in [3.63, 3.8) is 0 Å². The van der Waals surface area contributed by atoms with Gasteiger partial charge in [-0.1, -0.05) is 29.2 Å². The highest BCUT2D eigenvalue weighted by Gasteiger charge is 2.54. The fraction of sp³-hybridized carbons (Fsp3) is 0.417. The Morgan fingerprint density at radius 3 is 2.90 bits per heavy atom. The summed E-state index contributed by atoms with van der Waals surface area (Å²) in [6.45, 7) is 3.37. The van der Waals surface area contributed by atoms with Crippen LogP contribution in [0.3, 0.4) is 0 Å². The van der Waals surface area contributed by atoms with E-state index in [4.69, 9.17) is 4.74 Å². The van der Waals surface area contributed by atoms with Crippen molar-refractivity contribution >= 4 is 22.6 Å². The number of nitrogens with one attached hydrogen (secondary N) is 1. The van der Waals surface area contributed by atoms with Crippen molar-refractivity contribution in [1.29, 1.82) is 0 Å². The first-order valence-corrected chi connectivity index (χ1v) is 7.27. The molecule has 1 aliphatic rings. The fourth-order valence-corrected chi connectivity index (χ4v) is 2.82. The number of nitrogens with zero attached hydrogens (tertiary/aromatic N) is 1. The van der Waals surface area contributed by atoms with Gasteiger partial charge in [0.15, 0.2) is 11.8 Å². The first kappa shape index (κ1) is 15.2. The number of H-pyrrole nitrogens is 1. The third-order valence-electron chi connectivity index (χ3n) is 3.11. The van der Waals surface area contributed by atoms with Gasteiger partial charge in [0.1, 0.15) is 6.10 Å². The zero-order chi connectivity index (χ0) is 14.9. The van der Waals surface area contributed by atoms with Crippen LogP contribution in [0, 0.1) is 0 Å².